The molecule has 41 heavy (non-hydrogen) atoms. The van der Waals surface area contributed by atoms with E-state index in [0.717, 1.165) is 50.3 Å². The number of nitrogens with one attached hydrogen (secondary N) is 3. The second-order valence-corrected chi connectivity index (χ2v) is 10.7. The molecule has 0 aliphatic carbocycles. The number of pyridine rings is 1. The number of carbonyl (C=O) groups is 1. The Kier molecular flexibility index (Phi) is 10.5. The lowest BCUT2D eigenvalue weighted by molar-refractivity contribution is -0.274. The number of carbonyl (C=O) groups excluding carboxylic acids is 1. The molecule has 1 spiro atoms. The Bertz CT molecular complexity index is 1220. The molecule has 0 radical (unpaired) electrons. The lowest BCUT2D eigenvalue weighted by Crippen LogP contribution is -2.71. The van der Waals surface area contributed by atoms with Gasteiger partial charge in [0.05, 0.1) is 11.3 Å². The highest BCUT2D eigenvalue weighted by atomic mass is 19.4. The summed E-state index contributed by atoms with van der Waals surface area (Å²) in [6.45, 7) is 14.5. The number of alkyl halides is 3. The summed E-state index contributed by atoms with van der Waals surface area (Å²) in [6, 6.07) is 7.50. The summed E-state index contributed by atoms with van der Waals surface area (Å²) in [5, 5.41) is 15.5. The molecule has 1 unspecified atom stereocenters. The first-order valence-corrected chi connectivity index (χ1v) is 13.9. The molecule has 1 atom stereocenters. The number of rotatable bonds is 11. The number of halogens is 4. The number of ketones is 1. The summed E-state index contributed by atoms with van der Waals surface area (Å²) in [5.74, 6) is -1.17. The van der Waals surface area contributed by atoms with E-state index in [2.05, 4.69) is 45.7 Å². The fraction of sp³-hybridized carbons (Fsp3) is 0.500. The highest BCUT2D eigenvalue weighted by molar-refractivity contribution is 6.09. The minimum absolute atomic E-state index is 0.0988. The number of hydrogen-bond donors (Lipinski definition) is 3. The van der Waals surface area contributed by atoms with E-state index in [4.69, 9.17) is 5.41 Å². The summed E-state index contributed by atoms with van der Waals surface area (Å²) in [5.41, 5.74) is 3.18. The van der Waals surface area contributed by atoms with Gasteiger partial charge in [0.2, 0.25) is 0 Å². The molecule has 2 aliphatic heterocycles. The molecule has 224 valence electrons. The Morgan fingerprint density at radius 2 is 1.76 bits per heavy atom. The van der Waals surface area contributed by atoms with Crippen molar-refractivity contribution in [3.8, 4) is 5.75 Å². The van der Waals surface area contributed by atoms with E-state index >= 15 is 0 Å². The number of benzene rings is 1. The van der Waals surface area contributed by atoms with Gasteiger partial charge < -0.3 is 25.7 Å². The zero-order chi connectivity index (χ0) is 30.4. The number of hydrogen-bond acceptors (Lipinski definition) is 7. The Hall–Kier alpha value is -3.47. The highest BCUT2D eigenvalue weighted by Gasteiger charge is 2.48. The summed E-state index contributed by atoms with van der Waals surface area (Å²) in [4.78, 5) is 17.4. The molecule has 2 aromatic rings. The summed E-state index contributed by atoms with van der Waals surface area (Å²) < 4.78 is 53.2. The normalized spacial score (nSPS) is 16.2. The standard InChI is InChI=1S/C23H28F3N5O.C7H11FO/c1-3-15(4-2)20(27)19-18(31-13-22(14-31)11-28-12-22)9-10-29-21(19)30-16-5-7-17(8-6-16)32-23(24,25)26;1-4-5(2)7(9)6(3)8/h5-10,15,27-28H,3-4,11-14H2,1-2H3,(H,29,30);5H,3-4H2,1-2H3. The third-order valence-electron chi connectivity index (χ3n) is 7.66. The van der Waals surface area contributed by atoms with Gasteiger partial charge >= 0.3 is 6.36 Å². The second-order valence-electron chi connectivity index (χ2n) is 10.7. The predicted octanol–water partition coefficient (Wildman–Crippen LogP) is 7.02. The average Bonchev–Trinajstić information content (AvgIpc) is 2.87. The molecule has 3 N–H and O–H groups in total. The number of Topliss-reactive ketones (excluding diaryl/α,β-unsaturated/α-hetero) is 1. The van der Waals surface area contributed by atoms with Crippen molar-refractivity contribution in [2.75, 3.05) is 36.4 Å². The van der Waals surface area contributed by atoms with Crippen molar-refractivity contribution in [2.45, 2.75) is 53.3 Å². The van der Waals surface area contributed by atoms with Gasteiger partial charge in [0.25, 0.3) is 0 Å². The van der Waals surface area contributed by atoms with Crippen LogP contribution in [0.1, 0.15) is 52.5 Å². The Morgan fingerprint density at radius 3 is 2.20 bits per heavy atom. The summed E-state index contributed by atoms with van der Waals surface area (Å²) in [6.07, 6.45) is -0.651. The number of ether oxygens (including phenoxy) is 1. The molecule has 0 amide bonds. The van der Waals surface area contributed by atoms with Crippen LogP contribution in [0.5, 0.6) is 5.75 Å². The molecular formula is C30H39F4N5O2. The van der Waals surface area contributed by atoms with Crippen molar-refractivity contribution in [2.24, 2.45) is 17.3 Å². The third kappa shape index (κ3) is 8.06. The molecule has 3 heterocycles. The van der Waals surface area contributed by atoms with Gasteiger partial charge in [-0.15, -0.1) is 13.2 Å². The topological polar surface area (TPSA) is 90.3 Å². The van der Waals surface area contributed by atoms with E-state index in [1.54, 1.807) is 13.1 Å². The maximum Gasteiger partial charge on any atom is 0.573 e. The number of anilines is 3. The van der Waals surface area contributed by atoms with E-state index in [1.165, 1.54) is 24.3 Å². The largest absolute Gasteiger partial charge is 0.573 e. The van der Waals surface area contributed by atoms with Crippen molar-refractivity contribution in [3.05, 3.63) is 54.5 Å². The van der Waals surface area contributed by atoms with Gasteiger partial charge in [-0.2, -0.15) is 0 Å². The fourth-order valence-electron chi connectivity index (χ4n) is 4.94. The van der Waals surface area contributed by atoms with Crippen LogP contribution in [-0.4, -0.2) is 49.0 Å². The first-order valence-electron chi connectivity index (χ1n) is 13.9. The average molecular weight is 578 g/mol. The van der Waals surface area contributed by atoms with E-state index in [9.17, 15) is 22.4 Å². The van der Waals surface area contributed by atoms with Crippen LogP contribution in [0.25, 0.3) is 0 Å². The van der Waals surface area contributed by atoms with Crippen LogP contribution >= 0.6 is 0 Å². The molecule has 4 rings (SSSR count). The van der Waals surface area contributed by atoms with Crippen molar-refractivity contribution in [3.63, 3.8) is 0 Å². The quantitative estimate of drug-likeness (QED) is 0.151. The Labute approximate surface area is 238 Å². The third-order valence-corrected chi connectivity index (χ3v) is 7.66. The predicted molar refractivity (Wildman–Crippen MR) is 154 cm³/mol. The molecule has 2 saturated heterocycles. The van der Waals surface area contributed by atoms with Crippen LogP contribution in [0, 0.1) is 22.7 Å². The van der Waals surface area contributed by atoms with Crippen molar-refractivity contribution < 1.29 is 27.1 Å². The zero-order valence-electron chi connectivity index (χ0n) is 24.0. The van der Waals surface area contributed by atoms with E-state index in [1.807, 2.05) is 13.0 Å². The van der Waals surface area contributed by atoms with E-state index in [0.29, 0.717) is 29.1 Å². The Balaban J connectivity index is 0.000000445. The van der Waals surface area contributed by atoms with E-state index < -0.39 is 18.0 Å². The van der Waals surface area contributed by atoms with Gasteiger partial charge in [-0.05, 0) is 49.6 Å². The maximum absolute atomic E-state index is 12.4. The second kappa shape index (κ2) is 13.5. The van der Waals surface area contributed by atoms with Gasteiger partial charge in [-0.1, -0.05) is 34.3 Å². The molecular weight excluding hydrogens is 538 g/mol. The molecule has 2 fully saturated rings. The lowest BCUT2D eigenvalue weighted by atomic mass is 9.74. The Morgan fingerprint density at radius 1 is 1.15 bits per heavy atom. The summed E-state index contributed by atoms with van der Waals surface area (Å²) in [7, 11) is 0. The van der Waals surface area contributed by atoms with Gasteiger partial charge in [0.15, 0.2) is 11.6 Å². The molecule has 0 bridgehead atoms. The highest BCUT2D eigenvalue weighted by Crippen LogP contribution is 2.41. The minimum atomic E-state index is -4.73. The zero-order valence-corrected chi connectivity index (χ0v) is 24.0. The molecule has 0 saturated carbocycles. The van der Waals surface area contributed by atoms with Gasteiger partial charge in [0.1, 0.15) is 11.6 Å². The molecule has 11 heteroatoms. The van der Waals surface area contributed by atoms with Crippen LogP contribution in [-0.2, 0) is 4.79 Å². The van der Waals surface area contributed by atoms with Crippen molar-refractivity contribution >= 4 is 28.7 Å². The van der Waals surface area contributed by atoms with Crippen LogP contribution in [0.2, 0.25) is 0 Å². The number of nitrogens with zero attached hydrogens (tertiary/aromatic N) is 2. The lowest BCUT2D eigenvalue weighted by Gasteiger charge is -2.57. The van der Waals surface area contributed by atoms with E-state index in [-0.39, 0.29) is 17.6 Å². The molecule has 2 aliphatic rings. The number of allylic oxidation sites excluding steroid dienone is 1. The molecule has 1 aromatic carbocycles. The fourth-order valence-corrected chi connectivity index (χ4v) is 4.94. The SMILES string of the molecule is C=C(F)C(=O)C(C)CC.CCC(CC)C(=N)c1c(N2CC3(CNC3)C2)ccnc1Nc1ccc(OC(F)(F)F)cc1. The first-order chi connectivity index (χ1) is 19.3. The van der Waals surface area contributed by atoms with Crippen LogP contribution < -0.4 is 20.3 Å². The summed E-state index contributed by atoms with van der Waals surface area (Å²) >= 11 is 0. The first kappa shape index (κ1) is 32.0. The minimum Gasteiger partial charge on any atom is -0.406 e. The van der Waals surface area contributed by atoms with Gasteiger partial charge in [-0.3, -0.25) is 4.79 Å². The van der Waals surface area contributed by atoms with Gasteiger partial charge in [0, 0.05) is 61.0 Å². The molecule has 1 aromatic heterocycles. The van der Waals surface area contributed by atoms with Crippen LogP contribution in [0.3, 0.4) is 0 Å². The van der Waals surface area contributed by atoms with Crippen LogP contribution in [0.15, 0.2) is 48.9 Å². The monoisotopic (exact) mass is 577 g/mol. The van der Waals surface area contributed by atoms with Crippen LogP contribution in [0.4, 0.5) is 34.8 Å². The smallest absolute Gasteiger partial charge is 0.406 e. The maximum atomic E-state index is 12.4. The van der Waals surface area contributed by atoms with Gasteiger partial charge in [-0.25, -0.2) is 9.37 Å². The van der Waals surface area contributed by atoms with Crippen molar-refractivity contribution in [1.29, 1.82) is 5.41 Å². The number of aromatic nitrogens is 1. The molecule has 7 nitrogen and oxygen atoms in total. The van der Waals surface area contributed by atoms with Crippen molar-refractivity contribution in [1.82, 2.24) is 10.3 Å².